The molecule has 2 aromatic carbocycles. The van der Waals surface area contributed by atoms with Gasteiger partial charge in [-0.25, -0.2) is 0 Å². The van der Waals surface area contributed by atoms with Crippen LogP contribution < -0.4 is 0 Å². The number of rotatable bonds is 2. The van der Waals surface area contributed by atoms with Gasteiger partial charge in [-0.05, 0) is 30.5 Å². The molecule has 1 fully saturated rings. The Balaban J connectivity index is 1.72. The van der Waals surface area contributed by atoms with Crippen LogP contribution in [-0.4, -0.2) is 39.2 Å². The van der Waals surface area contributed by atoms with E-state index >= 15 is 0 Å². The number of aliphatic hydroxyl groups is 1. The molecule has 0 atom stereocenters. The van der Waals surface area contributed by atoms with E-state index in [2.05, 4.69) is 0 Å². The van der Waals surface area contributed by atoms with Crippen LogP contribution in [0.1, 0.15) is 28.8 Å². The second kappa shape index (κ2) is 5.93. The van der Waals surface area contributed by atoms with Crippen LogP contribution in [0, 0.1) is 0 Å². The van der Waals surface area contributed by atoms with E-state index in [-0.39, 0.29) is 23.0 Å². The van der Waals surface area contributed by atoms with E-state index in [9.17, 15) is 20.1 Å². The van der Waals surface area contributed by atoms with Gasteiger partial charge < -0.3 is 20.2 Å². The third kappa shape index (κ3) is 3.00. The van der Waals surface area contributed by atoms with Gasteiger partial charge >= 0.3 is 0 Å². The summed E-state index contributed by atoms with van der Waals surface area (Å²) in [5.74, 6) is -0.618. The van der Waals surface area contributed by atoms with Gasteiger partial charge in [-0.3, -0.25) is 4.79 Å². The first kappa shape index (κ1) is 15.4. The van der Waals surface area contributed by atoms with Crippen LogP contribution in [0.4, 0.5) is 0 Å². The predicted octanol–water partition coefficient (Wildman–Crippen LogP) is 2.22. The van der Waals surface area contributed by atoms with Gasteiger partial charge in [0.2, 0.25) is 0 Å². The smallest absolute Gasteiger partial charge is 0.257 e. The molecule has 0 aromatic heterocycles. The molecule has 5 heteroatoms. The van der Waals surface area contributed by atoms with Gasteiger partial charge in [0, 0.05) is 19.2 Å². The molecule has 1 heterocycles. The largest absolute Gasteiger partial charge is 0.508 e. The molecule has 3 rings (SSSR count). The Morgan fingerprint density at radius 2 is 1.65 bits per heavy atom. The van der Waals surface area contributed by atoms with Crippen molar-refractivity contribution in [3.63, 3.8) is 0 Å². The maximum atomic E-state index is 12.5. The summed E-state index contributed by atoms with van der Waals surface area (Å²) in [5.41, 5.74) is 0.0993. The number of benzene rings is 2. The molecule has 3 N–H and O–H groups in total. The van der Waals surface area contributed by atoms with Crippen LogP contribution >= 0.6 is 0 Å². The summed E-state index contributed by atoms with van der Waals surface area (Å²) in [7, 11) is 0. The van der Waals surface area contributed by atoms with Gasteiger partial charge in [0.1, 0.15) is 11.5 Å². The number of carbonyl (C=O) groups is 1. The molecule has 0 bridgehead atoms. The van der Waals surface area contributed by atoms with E-state index in [0.29, 0.717) is 25.9 Å². The molecule has 2 aromatic rings. The predicted molar refractivity (Wildman–Crippen MR) is 85.2 cm³/mol. The van der Waals surface area contributed by atoms with Gasteiger partial charge in [0.15, 0.2) is 0 Å². The second-order valence-electron chi connectivity index (χ2n) is 5.89. The first-order chi connectivity index (χ1) is 11.0. The summed E-state index contributed by atoms with van der Waals surface area (Å²) in [6.45, 7) is 0.815. The minimum absolute atomic E-state index is 0.0869. The molecule has 1 aliphatic heterocycles. The van der Waals surface area contributed by atoms with Crippen molar-refractivity contribution >= 4 is 5.91 Å². The van der Waals surface area contributed by atoms with Crippen LogP contribution in [0.25, 0.3) is 0 Å². The van der Waals surface area contributed by atoms with Crippen LogP contribution in [0.3, 0.4) is 0 Å². The standard InChI is InChI=1S/C18H19NO4/c20-14-6-7-15(16(21)12-14)17(22)19-10-8-18(23,9-11-19)13-4-2-1-3-5-13/h1-7,12,20-21,23H,8-11H2. The number of hydrogen-bond donors (Lipinski definition) is 3. The second-order valence-corrected chi connectivity index (χ2v) is 5.89. The minimum atomic E-state index is -0.922. The molecule has 0 saturated carbocycles. The number of hydrogen-bond acceptors (Lipinski definition) is 4. The molecule has 0 aliphatic carbocycles. The summed E-state index contributed by atoms with van der Waals surface area (Å²) in [6.07, 6.45) is 0.892. The Morgan fingerprint density at radius 3 is 2.26 bits per heavy atom. The Hall–Kier alpha value is -2.53. The molecule has 23 heavy (non-hydrogen) atoms. The topological polar surface area (TPSA) is 81.0 Å². The van der Waals surface area contributed by atoms with Gasteiger partial charge in [-0.1, -0.05) is 30.3 Å². The molecule has 1 aliphatic rings. The number of aromatic hydroxyl groups is 2. The van der Waals surface area contributed by atoms with Crippen molar-refractivity contribution in [3.05, 3.63) is 59.7 Å². The fourth-order valence-corrected chi connectivity index (χ4v) is 2.99. The summed E-state index contributed by atoms with van der Waals surface area (Å²) in [6, 6.07) is 13.4. The zero-order valence-electron chi connectivity index (χ0n) is 12.6. The van der Waals surface area contributed by atoms with Crippen LogP contribution in [0.2, 0.25) is 0 Å². The van der Waals surface area contributed by atoms with Crippen LogP contribution in [0.15, 0.2) is 48.5 Å². The Kier molecular flexibility index (Phi) is 3.96. The molecule has 0 unspecified atom stereocenters. The SMILES string of the molecule is O=C(c1ccc(O)cc1O)N1CCC(O)(c2ccccc2)CC1. The number of amides is 1. The summed E-state index contributed by atoms with van der Waals surface area (Å²) >= 11 is 0. The van der Waals surface area contributed by atoms with Gasteiger partial charge in [-0.15, -0.1) is 0 Å². The van der Waals surface area contributed by atoms with Gasteiger partial charge in [0.25, 0.3) is 5.91 Å². The molecule has 120 valence electrons. The fraction of sp³-hybridized carbons (Fsp3) is 0.278. The number of phenols is 2. The number of carbonyl (C=O) groups excluding carboxylic acids is 1. The van der Waals surface area contributed by atoms with Crippen molar-refractivity contribution in [2.24, 2.45) is 0 Å². The first-order valence-electron chi connectivity index (χ1n) is 7.59. The van der Waals surface area contributed by atoms with Crippen LogP contribution in [0.5, 0.6) is 11.5 Å². The molecule has 0 radical (unpaired) electrons. The highest BCUT2D eigenvalue weighted by molar-refractivity contribution is 5.97. The highest BCUT2D eigenvalue weighted by Crippen LogP contribution is 2.34. The van der Waals surface area contributed by atoms with E-state index in [4.69, 9.17) is 0 Å². The summed E-state index contributed by atoms with van der Waals surface area (Å²) in [5, 5.41) is 29.9. The molecule has 5 nitrogen and oxygen atoms in total. The maximum Gasteiger partial charge on any atom is 0.257 e. The van der Waals surface area contributed by atoms with Gasteiger partial charge in [0.05, 0.1) is 11.2 Å². The number of phenolic OH excluding ortho intramolecular Hbond substituents is 2. The number of piperidine rings is 1. The lowest BCUT2D eigenvalue weighted by molar-refractivity contribution is -0.0211. The summed E-state index contributed by atoms with van der Waals surface area (Å²) < 4.78 is 0. The molecule has 0 spiro atoms. The normalized spacial score (nSPS) is 17.0. The zero-order valence-corrected chi connectivity index (χ0v) is 12.6. The number of nitrogens with zero attached hydrogens (tertiary/aromatic N) is 1. The third-order valence-corrected chi connectivity index (χ3v) is 4.40. The van der Waals surface area contributed by atoms with Crippen molar-refractivity contribution in [1.29, 1.82) is 0 Å². The average molecular weight is 313 g/mol. The molecular weight excluding hydrogens is 294 g/mol. The van der Waals surface area contributed by atoms with E-state index in [1.165, 1.54) is 12.1 Å². The Bertz CT molecular complexity index is 706. The highest BCUT2D eigenvalue weighted by atomic mass is 16.3. The van der Waals surface area contributed by atoms with E-state index in [0.717, 1.165) is 11.6 Å². The van der Waals surface area contributed by atoms with Crippen molar-refractivity contribution in [2.75, 3.05) is 13.1 Å². The van der Waals surface area contributed by atoms with E-state index in [1.807, 2.05) is 30.3 Å². The Morgan fingerprint density at radius 1 is 1.00 bits per heavy atom. The lowest BCUT2D eigenvalue weighted by Gasteiger charge is -2.38. The van der Waals surface area contributed by atoms with Crippen molar-refractivity contribution in [1.82, 2.24) is 4.90 Å². The number of likely N-dealkylation sites (tertiary alicyclic amines) is 1. The minimum Gasteiger partial charge on any atom is -0.508 e. The zero-order chi connectivity index (χ0) is 16.4. The maximum absolute atomic E-state index is 12.5. The molecule has 1 saturated heterocycles. The lowest BCUT2D eigenvalue weighted by Crippen LogP contribution is -2.45. The average Bonchev–Trinajstić information content (AvgIpc) is 2.56. The molecular formula is C18H19NO4. The third-order valence-electron chi connectivity index (χ3n) is 4.40. The van der Waals surface area contributed by atoms with Crippen molar-refractivity contribution in [3.8, 4) is 11.5 Å². The molecule has 1 amide bonds. The summed E-state index contributed by atoms with van der Waals surface area (Å²) in [4.78, 5) is 14.1. The van der Waals surface area contributed by atoms with Crippen molar-refractivity contribution in [2.45, 2.75) is 18.4 Å². The van der Waals surface area contributed by atoms with E-state index in [1.54, 1.807) is 4.90 Å². The van der Waals surface area contributed by atoms with Crippen LogP contribution in [-0.2, 0) is 5.60 Å². The fourth-order valence-electron chi connectivity index (χ4n) is 2.99. The van der Waals surface area contributed by atoms with E-state index < -0.39 is 5.60 Å². The van der Waals surface area contributed by atoms with Crippen molar-refractivity contribution < 1.29 is 20.1 Å². The highest BCUT2D eigenvalue weighted by Gasteiger charge is 2.35. The quantitative estimate of drug-likeness (QED) is 0.794. The lowest BCUT2D eigenvalue weighted by atomic mass is 9.84. The first-order valence-corrected chi connectivity index (χ1v) is 7.59. The Labute approximate surface area is 134 Å². The monoisotopic (exact) mass is 313 g/mol. The van der Waals surface area contributed by atoms with Gasteiger partial charge in [-0.2, -0.15) is 0 Å².